The fourth-order valence-corrected chi connectivity index (χ4v) is 3.76. The quantitative estimate of drug-likeness (QED) is 0.594. The molecule has 0 aliphatic rings. The molecule has 2 heterocycles. The van der Waals surface area contributed by atoms with Gasteiger partial charge < -0.3 is 4.90 Å². The Morgan fingerprint density at radius 1 is 1.18 bits per heavy atom. The second-order valence-electron chi connectivity index (χ2n) is 7.25. The highest BCUT2D eigenvalue weighted by Gasteiger charge is 2.16. The van der Waals surface area contributed by atoms with Crippen LogP contribution in [0.1, 0.15) is 40.1 Å². The van der Waals surface area contributed by atoms with Gasteiger partial charge in [-0.3, -0.25) is 4.79 Å². The van der Waals surface area contributed by atoms with Gasteiger partial charge >= 0.3 is 0 Å². The first-order chi connectivity index (χ1) is 13.3. The van der Waals surface area contributed by atoms with Crippen molar-refractivity contribution >= 4 is 23.4 Å². The smallest absolute Gasteiger partial charge is 0.253 e. The third kappa shape index (κ3) is 4.19. The maximum absolute atomic E-state index is 12.7. The molecule has 2 aromatic heterocycles. The van der Waals surface area contributed by atoms with Crippen molar-refractivity contribution in [3.05, 3.63) is 51.8 Å². The standard InChI is InChI=1S/C21H27N5OS/c1-13-7-8-17(14(2)11-13)12-25(5)19(27)10-9-18-15(3)22-20-23-21(28-6)24-26(20)16(18)4/h7-8,11H,9-10,12H2,1-6H3. The summed E-state index contributed by atoms with van der Waals surface area (Å²) in [5, 5.41) is 5.18. The lowest BCUT2D eigenvalue weighted by Crippen LogP contribution is -2.27. The van der Waals surface area contributed by atoms with Crippen LogP contribution in [0.3, 0.4) is 0 Å². The second kappa shape index (κ2) is 8.31. The van der Waals surface area contributed by atoms with E-state index in [-0.39, 0.29) is 5.91 Å². The van der Waals surface area contributed by atoms with E-state index in [2.05, 4.69) is 47.1 Å². The van der Waals surface area contributed by atoms with Crippen molar-refractivity contribution in [3.63, 3.8) is 0 Å². The number of amides is 1. The summed E-state index contributed by atoms with van der Waals surface area (Å²) in [5.41, 5.74) is 6.62. The van der Waals surface area contributed by atoms with Gasteiger partial charge in [0.1, 0.15) is 0 Å². The molecule has 0 radical (unpaired) electrons. The summed E-state index contributed by atoms with van der Waals surface area (Å²) in [6.07, 6.45) is 3.04. The van der Waals surface area contributed by atoms with Crippen molar-refractivity contribution in [1.29, 1.82) is 0 Å². The summed E-state index contributed by atoms with van der Waals surface area (Å²) in [5.74, 6) is 0.739. The van der Waals surface area contributed by atoms with E-state index in [0.717, 1.165) is 17.0 Å². The lowest BCUT2D eigenvalue weighted by Gasteiger charge is -2.19. The number of carbonyl (C=O) groups excluding carboxylic acids is 1. The van der Waals surface area contributed by atoms with Crippen LogP contribution in [0.4, 0.5) is 0 Å². The third-order valence-electron chi connectivity index (χ3n) is 5.13. The Hall–Kier alpha value is -2.41. The molecule has 1 amide bonds. The lowest BCUT2D eigenvalue weighted by atomic mass is 10.0. The van der Waals surface area contributed by atoms with E-state index >= 15 is 0 Å². The average Bonchev–Trinajstić information content (AvgIpc) is 3.06. The number of nitrogens with zero attached hydrogens (tertiary/aromatic N) is 5. The molecule has 0 bridgehead atoms. The van der Waals surface area contributed by atoms with Gasteiger partial charge in [0.05, 0.1) is 0 Å². The van der Waals surface area contributed by atoms with E-state index < -0.39 is 0 Å². The average molecular weight is 398 g/mol. The topological polar surface area (TPSA) is 63.4 Å². The maximum Gasteiger partial charge on any atom is 0.253 e. The molecule has 0 fully saturated rings. The molecule has 0 spiro atoms. The summed E-state index contributed by atoms with van der Waals surface area (Å²) in [4.78, 5) is 23.5. The van der Waals surface area contributed by atoms with E-state index in [9.17, 15) is 4.79 Å². The number of rotatable bonds is 6. The Balaban J connectivity index is 1.71. The molecule has 3 rings (SSSR count). The van der Waals surface area contributed by atoms with Crippen molar-refractivity contribution in [2.24, 2.45) is 0 Å². The Morgan fingerprint density at radius 2 is 1.93 bits per heavy atom. The largest absolute Gasteiger partial charge is 0.341 e. The van der Waals surface area contributed by atoms with Crippen LogP contribution in [0.15, 0.2) is 23.4 Å². The SMILES string of the molecule is CSc1nc2nc(C)c(CCC(=O)N(C)Cc3ccc(C)cc3C)c(C)n2n1. The number of benzene rings is 1. The second-order valence-corrected chi connectivity index (χ2v) is 8.02. The van der Waals surface area contributed by atoms with Crippen LogP contribution >= 0.6 is 11.8 Å². The molecule has 148 valence electrons. The van der Waals surface area contributed by atoms with E-state index in [4.69, 9.17) is 0 Å². The van der Waals surface area contributed by atoms with Gasteiger partial charge in [-0.1, -0.05) is 35.5 Å². The fraction of sp³-hybridized carbons (Fsp3) is 0.429. The highest BCUT2D eigenvalue weighted by Crippen LogP contribution is 2.19. The molecule has 0 atom stereocenters. The van der Waals surface area contributed by atoms with E-state index in [1.807, 2.05) is 27.2 Å². The third-order valence-corrected chi connectivity index (χ3v) is 5.67. The predicted molar refractivity (Wildman–Crippen MR) is 113 cm³/mol. The number of thioether (sulfide) groups is 1. The van der Waals surface area contributed by atoms with Gasteiger partial charge in [0.15, 0.2) is 0 Å². The predicted octanol–water partition coefficient (Wildman–Crippen LogP) is 3.67. The van der Waals surface area contributed by atoms with Gasteiger partial charge in [0.2, 0.25) is 11.1 Å². The molecule has 3 aromatic rings. The molecule has 0 unspecified atom stereocenters. The van der Waals surface area contributed by atoms with Gasteiger partial charge in [0, 0.05) is 31.4 Å². The van der Waals surface area contributed by atoms with Crippen LogP contribution in [-0.2, 0) is 17.8 Å². The summed E-state index contributed by atoms with van der Waals surface area (Å²) in [6, 6.07) is 6.35. The number of aryl methyl sites for hydroxylation is 4. The Kier molecular flexibility index (Phi) is 6.03. The zero-order valence-corrected chi connectivity index (χ0v) is 18.2. The van der Waals surface area contributed by atoms with Crippen LogP contribution < -0.4 is 0 Å². The fourth-order valence-electron chi connectivity index (χ4n) is 3.43. The summed E-state index contributed by atoms with van der Waals surface area (Å²) in [6.45, 7) is 8.79. The molecule has 1 aromatic carbocycles. The molecule has 28 heavy (non-hydrogen) atoms. The molecule has 0 saturated heterocycles. The van der Waals surface area contributed by atoms with Gasteiger partial charge in [-0.25, -0.2) is 9.50 Å². The Bertz CT molecular complexity index is 1030. The zero-order chi connectivity index (χ0) is 20.4. The molecule has 7 heteroatoms. The minimum Gasteiger partial charge on any atom is -0.341 e. The Labute approximate surface area is 170 Å². The van der Waals surface area contributed by atoms with Crippen LogP contribution in [0.2, 0.25) is 0 Å². The normalized spacial score (nSPS) is 11.2. The van der Waals surface area contributed by atoms with Crippen molar-refractivity contribution in [2.75, 3.05) is 13.3 Å². The van der Waals surface area contributed by atoms with Crippen LogP contribution in [0.25, 0.3) is 5.78 Å². The summed E-state index contributed by atoms with van der Waals surface area (Å²) in [7, 11) is 1.87. The highest BCUT2D eigenvalue weighted by molar-refractivity contribution is 7.98. The van der Waals surface area contributed by atoms with E-state index in [1.54, 1.807) is 9.42 Å². The molecule has 0 aliphatic carbocycles. The first kappa shape index (κ1) is 20.3. The van der Waals surface area contributed by atoms with Crippen molar-refractivity contribution in [3.8, 4) is 0 Å². The minimum absolute atomic E-state index is 0.127. The van der Waals surface area contributed by atoms with Gasteiger partial charge in [-0.2, -0.15) is 4.98 Å². The highest BCUT2D eigenvalue weighted by atomic mass is 32.2. The first-order valence-electron chi connectivity index (χ1n) is 9.37. The molecule has 0 aliphatic heterocycles. The zero-order valence-electron chi connectivity index (χ0n) is 17.4. The van der Waals surface area contributed by atoms with Crippen molar-refractivity contribution < 1.29 is 4.79 Å². The van der Waals surface area contributed by atoms with E-state index in [1.165, 1.54) is 28.5 Å². The summed E-state index contributed by atoms with van der Waals surface area (Å²) < 4.78 is 1.78. The number of fused-ring (bicyclic) bond motifs is 1. The monoisotopic (exact) mass is 397 g/mol. The molecular formula is C21H27N5OS. The number of aromatic nitrogens is 4. The molecule has 0 N–H and O–H groups in total. The summed E-state index contributed by atoms with van der Waals surface area (Å²) >= 11 is 1.50. The molecule has 6 nitrogen and oxygen atoms in total. The van der Waals surface area contributed by atoms with Crippen LogP contribution in [0.5, 0.6) is 0 Å². The molecular weight excluding hydrogens is 370 g/mol. The number of hydrogen-bond acceptors (Lipinski definition) is 5. The van der Waals surface area contributed by atoms with Gasteiger partial charge in [0.25, 0.3) is 5.78 Å². The Morgan fingerprint density at radius 3 is 2.61 bits per heavy atom. The first-order valence-corrected chi connectivity index (χ1v) is 10.6. The molecule has 0 saturated carbocycles. The minimum atomic E-state index is 0.127. The van der Waals surface area contributed by atoms with Crippen molar-refractivity contribution in [1.82, 2.24) is 24.5 Å². The van der Waals surface area contributed by atoms with E-state index in [0.29, 0.717) is 30.3 Å². The van der Waals surface area contributed by atoms with Gasteiger partial charge in [-0.05, 0) is 57.1 Å². The lowest BCUT2D eigenvalue weighted by molar-refractivity contribution is -0.130. The van der Waals surface area contributed by atoms with Crippen molar-refractivity contribution in [2.45, 2.75) is 52.2 Å². The van der Waals surface area contributed by atoms with Crippen LogP contribution in [0, 0.1) is 27.7 Å². The number of carbonyl (C=O) groups is 1. The number of hydrogen-bond donors (Lipinski definition) is 0. The van der Waals surface area contributed by atoms with Gasteiger partial charge in [-0.15, -0.1) is 5.10 Å². The maximum atomic E-state index is 12.7. The van der Waals surface area contributed by atoms with Crippen LogP contribution in [-0.4, -0.2) is 43.7 Å².